The number of hydrogen-bond acceptors (Lipinski definition) is 5. The number of aryl methyl sites for hydroxylation is 1. The van der Waals surface area contributed by atoms with Gasteiger partial charge in [0, 0.05) is 5.02 Å². The summed E-state index contributed by atoms with van der Waals surface area (Å²) in [5, 5.41) is 2.55. The molecular weight excluding hydrogens is 408 g/mol. The smallest absolute Gasteiger partial charge is 0.335 e. The number of nitrogens with zero attached hydrogens (tertiary/aromatic N) is 1. The quantitative estimate of drug-likeness (QED) is 0.430. The van der Waals surface area contributed by atoms with Crippen LogP contribution < -0.4 is 19.7 Å². The molecule has 0 bridgehead atoms. The van der Waals surface area contributed by atoms with Crippen LogP contribution >= 0.6 is 11.6 Å². The molecule has 154 valence electrons. The second-order valence-corrected chi connectivity index (χ2v) is 6.84. The van der Waals surface area contributed by atoms with E-state index in [4.69, 9.17) is 21.1 Å². The number of halogens is 1. The van der Waals surface area contributed by atoms with Crippen molar-refractivity contribution in [1.29, 1.82) is 0 Å². The monoisotopic (exact) mass is 426 g/mol. The number of imide groups is 2. The third-order valence-corrected chi connectivity index (χ3v) is 4.60. The Bertz CT molecular complexity index is 1080. The largest absolute Gasteiger partial charge is 0.493 e. The van der Waals surface area contributed by atoms with Crippen LogP contribution in [0.25, 0.3) is 6.08 Å². The molecule has 1 N–H and O–H groups in total. The summed E-state index contributed by atoms with van der Waals surface area (Å²) < 4.78 is 10.8. The van der Waals surface area contributed by atoms with Gasteiger partial charge in [-0.2, -0.15) is 0 Å². The van der Waals surface area contributed by atoms with Gasteiger partial charge in [-0.1, -0.05) is 36.4 Å². The molecule has 0 radical (unpaired) electrons. The molecule has 1 heterocycles. The molecule has 0 unspecified atom stereocenters. The van der Waals surface area contributed by atoms with E-state index < -0.39 is 17.8 Å². The lowest BCUT2D eigenvalue weighted by molar-refractivity contribution is -0.122. The van der Waals surface area contributed by atoms with E-state index in [1.165, 1.54) is 19.3 Å². The molecular formula is C22H19ClN2O5. The minimum atomic E-state index is -0.835. The van der Waals surface area contributed by atoms with E-state index in [1.807, 2.05) is 0 Å². The van der Waals surface area contributed by atoms with Crippen LogP contribution in [0.3, 0.4) is 0 Å². The van der Waals surface area contributed by atoms with E-state index in [0.717, 1.165) is 4.90 Å². The van der Waals surface area contributed by atoms with Crippen molar-refractivity contribution in [2.24, 2.45) is 0 Å². The summed E-state index contributed by atoms with van der Waals surface area (Å²) in [4.78, 5) is 38.7. The molecule has 1 saturated heterocycles. The Morgan fingerprint density at radius 1 is 1.13 bits per heavy atom. The molecule has 30 heavy (non-hydrogen) atoms. The van der Waals surface area contributed by atoms with Crippen LogP contribution in [0.4, 0.5) is 10.5 Å². The molecule has 2 aromatic rings. The summed E-state index contributed by atoms with van der Waals surface area (Å²) in [5.74, 6) is -0.620. The number of carbonyl (C=O) groups is 3. The maximum absolute atomic E-state index is 13.0. The van der Waals surface area contributed by atoms with Gasteiger partial charge in [-0.25, -0.2) is 9.69 Å². The van der Waals surface area contributed by atoms with Crippen molar-refractivity contribution in [1.82, 2.24) is 5.32 Å². The molecule has 1 aliphatic rings. The van der Waals surface area contributed by atoms with Gasteiger partial charge in [-0.3, -0.25) is 14.9 Å². The van der Waals surface area contributed by atoms with Gasteiger partial charge in [0.2, 0.25) is 0 Å². The molecule has 2 aromatic carbocycles. The molecule has 8 heteroatoms. The highest BCUT2D eigenvalue weighted by molar-refractivity contribution is 6.39. The van der Waals surface area contributed by atoms with Gasteiger partial charge in [-0.05, 0) is 48.4 Å². The first-order valence-corrected chi connectivity index (χ1v) is 9.33. The number of methoxy groups -OCH3 is 1. The zero-order chi connectivity index (χ0) is 21.8. The number of rotatable bonds is 6. The van der Waals surface area contributed by atoms with E-state index in [-0.39, 0.29) is 5.57 Å². The molecule has 0 saturated carbocycles. The SMILES string of the molecule is C=CCOc1ccc(/C=C2\C(=O)NC(=O)N(c3cc(Cl)ccc3C)C2=O)cc1OC. The third-order valence-electron chi connectivity index (χ3n) is 4.37. The van der Waals surface area contributed by atoms with Gasteiger partial charge in [0.1, 0.15) is 12.2 Å². The molecule has 0 aliphatic carbocycles. The number of ether oxygens (including phenoxy) is 2. The van der Waals surface area contributed by atoms with Crippen LogP contribution in [0.15, 0.2) is 54.6 Å². The number of barbiturate groups is 1. The second-order valence-electron chi connectivity index (χ2n) is 6.40. The number of urea groups is 1. The van der Waals surface area contributed by atoms with E-state index in [1.54, 1.807) is 43.3 Å². The van der Waals surface area contributed by atoms with Crippen molar-refractivity contribution in [3.05, 3.63) is 70.8 Å². The predicted octanol–water partition coefficient (Wildman–Crippen LogP) is 3.89. The van der Waals surface area contributed by atoms with E-state index in [0.29, 0.717) is 39.9 Å². The summed E-state index contributed by atoms with van der Waals surface area (Å²) >= 11 is 6.03. The fourth-order valence-electron chi connectivity index (χ4n) is 2.91. The summed E-state index contributed by atoms with van der Waals surface area (Å²) in [6, 6.07) is 8.94. The number of anilines is 1. The highest BCUT2D eigenvalue weighted by Gasteiger charge is 2.37. The second kappa shape index (κ2) is 8.84. The van der Waals surface area contributed by atoms with Gasteiger partial charge in [0.05, 0.1) is 12.8 Å². The first-order chi connectivity index (χ1) is 14.3. The first kappa shape index (κ1) is 21.1. The van der Waals surface area contributed by atoms with Crippen molar-refractivity contribution < 1.29 is 23.9 Å². The maximum atomic E-state index is 13.0. The Labute approximate surface area is 178 Å². The number of benzene rings is 2. The molecule has 0 atom stereocenters. The average Bonchev–Trinajstić information content (AvgIpc) is 2.72. The van der Waals surface area contributed by atoms with Crippen LogP contribution in [-0.4, -0.2) is 31.6 Å². The number of carbonyl (C=O) groups excluding carboxylic acids is 3. The fourth-order valence-corrected chi connectivity index (χ4v) is 3.07. The van der Waals surface area contributed by atoms with Gasteiger partial charge in [0.25, 0.3) is 11.8 Å². The standard InChI is InChI=1S/C22H19ClN2O5/c1-4-9-30-18-8-6-14(11-19(18)29-3)10-16-20(26)24-22(28)25(21(16)27)17-12-15(23)7-5-13(17)2/h4-8,10-12H,1,9H2,2-3H3,(H,24,26,28)/b16-10+. The fraction of sp³-hybridized carbons (Fsp3) is 0.136. The summed E-state index contributed by atoms with van der Waals surface area (Å²) in [6.45, 7) is 5.63. The molecule has 0 spiro atoms. The van der Waals surface area contributed by atoms with Gasteiger partial charge in [0.15, 0.2) is 11.5 Å². The maximum Gasteiger partial charge on any atom is 0.335 e. The normalized spacial score (nSPS) is 15.2. The van der Waals surface area contributed by atoms with Crippen molar-refractivity contribution in [2.75, 3.05) is 18.6 Å². The van der Waals surface area contributed by atoms with Crippen LogP contribution in [-0.2, 0) is 9.59 Å². The Morgan fingerprint density at radius 3 is 2.60 bits per heavy atom. The number of hydrogen-bond donors (Lipinski definition) is 1. The molecule has 0 aromatic heterocycles. The Morgan fingerprint density at radius 2 is 1.90 bits per heavy atom. The topological polar surface area (TPSA) is 84.9 Å². The van der Waals surface area contributed by atoms with Gasteiger partial charge >= 0.3 is 6.03 Å². The van der Waals surface area contributed by atoms with Crippen molar-refractivity contribution in [3.63, 3.8) is 0 Å². The van der Waals surface area contributed by atoms with Crippen molar-refractivity contribution in [2.45, 2.75) is 6.92 Å². The number of nitrogens with one attached hydrogen (secondary N) is 1. The van der Waals surface area contributed by atoms with Gasteiger partial charge < -0.3 is 9.47 Å². The first-order valence-electron chi connectivity index (χ1n) is 8.95. The lowest BCUT2D eigenvalue weighted by Crippen LogP contribution is -2.54. The Kier molecular flexibility index (Phi) is 6.23. The average molecular weight is 427 g/mol. The summed E-state index contributed by atoms with van der Waals surface area (Å²) in [6.07, 6.45) is 2.99. The van der Waals surface area contributed by atoms with Crippen LogP contribution in [0.5, 0.6) is 11.5 Å². The van der Waals surface area contributed by atoms with E-state index in [2.05, 4.69) is 11.9 Å². The minimum absolute atomic E-state index is 0.198. The van der Waals surface area contributed by atoms with E-state index >= 15 is 0 Å². The summed E-state index contributed by atoms with van der Waals surface area (Å²) in [5.41, 5.74) is 1.28. The van der Waals surface area contributed by atoms with Crippen LogP contribution in [0, 0.1) is 6.92 Å². The molecule has 1 aliphatic heterocycles. The molecule has 7 nitrogen and oxygen atoms in total. The Hall–Kier alpha value is -3.58. The summed E-state index contributed by atoms with van der Waals surface area (Å²) in [7, 11) is 1.48. The zero-order valence-corrected chi connectivity index (χ0v) is 17.2. The van der Waals surface area contributed by atoms with Crippen molar-refractivity contribution in [3.8, 4) is 11.5 Å². The molecule has 3 rings (SSSR count). The minimum Gasteiger partial charge on any atom is -0.493 e. The van der Waals surface area contributed by atoms with Crippen LogP contribution in [0.1, 0.15) is 11.1 Å². The number of amides is 4. The predicted molar refractivity (Wildman–Crippen MR) is 114 cm³/mol. The Balaban J connectivity index is 2.00. The zero-order valence-electron chi connectivity index (χ0n) is 16.4. The highest BCUT2D eigenvalue weighted by atomic mass is 35.5. The molecule has 1 fully saturated rings. The van der Waals surface area contributed by atoms with Gasteiger partial charge in [-0.15, -0.1) is 0 Å². The van der Waals surface area contributed by atoms with Crippen LogP contribution in [0.2, 0.25) is 5.02 Å². The lowest BCUT2D eigenvalue weighted by Gasteiger charge is -2.27. The molecule has 4 amide bonds. The lowest BCUT2D eigenvalue weighted by atomic mass is 10.1. The third kappa shape index (κ3) is 4.21. The highest BCUT2D eigenvalue weighted by Crippen LogP contribution is 2.31. The van der Waals surface area contributed by atoms with Crippen molar-refractivity contribution >= 4 is 41.2 Å². The van der Waals surface area contributed by atoms with E-state index in [9.17, 15) is 14.4 Å².